The number of alkyl halides is 1. The first-order valence-corrected chi connectivity index (χ1v) is 5.12. The molecule has 1 aliphatic carbocycles. The number of halogens is 1. The van der Waals surface area contributed by atoms with E-state index in [1.807, 2.05) is 26.0 Å². The fourth-order valence-electron chi connectivity index (χ4n) is 0.876. The molecule has 10 heavy (non-hydrogen) atoms. The van der Waals surface area contributed by atoms with Crippen molar-refractivity contribution in [3.63, 3.8) is 0 Å². The molecule has 0 aromatic carbocycles. The Labute approximate surface area is 78.3 Å². The van der Waals surface area contributed by atoms with Crippen LogP contribution in [0, 0.1) is 0 Å². The van der Waals surface area contributed by atoms with Gasteiger partial charge in [0.15, 0.2) is 0 Å². The highest BCUT2D eigenvalue weighted by Gasteiger charge is 2.09. The van der Waals surface area contributed by atoms with Crippen LogP contribution < -0.4 is 0 Å². The second kappa shape index (κ2) is 6.40. The molecular weight excluding hydrogens is 237 g/mol. The molecule has 1 fully saturated rings. The molecule has 0 saturated heterocycles. The van der Waals surface area contributed by atoms with Gasteiger partial charge in [0.2, 0.25) is 0 Å². The molecule has 2 heteroatoms. The normalized spacial score (nSPS) is 18.9. The summed E-state index contributed by atoms with van der Waals surface area (Å²) >= 11 is 2.53. The quantitative estimate of drug-likeness (QED) is 0.475. The van der Waals surface area contributed by atoms with Crippen molar-refractivity contribution >= 4 is 22.6 Å². The third kappa shape index (κ3) is 8.69. The molecular formula is C8H18IN. The summed E-state index contributed by atoms with van der Waals surface area (Å²) in [5.74, 6) is 0. The van der Waals surface area contributed by atoms with Gasteiger partial charge >= 0.3 is 0 Å². The van der Waals surface area contributed by atoms with Crippen LogP contribution in [0.5, 0.6) is 0 Å². The average molecular weight is 255 g/mol. The van der Waals surface area contributed by atoms with Crippen molar-refractivity contribution in [1.29, 1.82) is 0 Å². The van der Waals surface area contributed by atoms with Crippen molar-refractivity contribution in [2.75, 3.05) is 21.1 Å². The lowest BCUT2D eigenvalue weighted by Gasteiger charge is -1.90. The van der Waals surface area contributed by atoms with E-state index in [2.05, 4.69) is 22.6 Å². The molecule has 0 aromatic heterocycles. The first kappa shape index (κ1) is 10.7. The molecule has 0 amide bonds. The van der Waals surface area contributed by atoms with Crippen LogP contribution in [-0.4, -0.2) is 30.0 Å². The van der Waals surface area contributed by atoms with E-state index in [4.69, 9.17) is 0 Å². The Morgan fingerprint density at radius 3 is 1.50 bits per heavy atom. The van der Waals surface area contributed by atoms with Gasteiger partial charge in [0.25, 0.3) is 0 Å². The van der Waals surface area contributed by atoms with E-state index in [1.165, 1.54) is 25.7 Å². The van der Waals surface area contributed by atoms with Gasteiger partial charge in [0.1, 0.15) is 0 Å². The fraction of sp³-hybridized carbons (Fsp3) is 1.00. The van der Waals surface area contributed by atoms with Crippen LogP contribution in [0.2, 0.25) is 0 Å². The van der Waals surface area contributed by atoms with Gasteiger partial charge in [-0.05, 0) is 34.0 Å². The summed E-state index contributed by atoms with van der Waals surface area (Å²) in [6, 6.07) is 0. The summed E-state index contributed by atoms with van der Waals surface area (Å²) in [5.41, 5.74) is 0. The molecule has 0 aliphatic heterocycles. The first-order chi connectivity index (χ1) is 4.63. The molecule has 1 aliphatic rings. The van der Waals surface area contributed by atoms with Crippen LogP contribution in [0.1, 0.15) is 25.7 Å². The molecule has 0 radical (unpaired) electrons. The van der Waals surface area contributed by atoms with E-state index in [0.29, 0.717) is 0 Å². The summed E-state index contributed by atoms with van der Waals surface area (Å²) in [6.07, 6.45) is 5.91. The van der Waals surface area contributed by atoms with Gasteiger partial charge < -0.3 is 4.90 Å². The summed E-state index contributed by atoms with van der Waals surface area (Å²) < 4.78 is 1.02. The molecule has 1 rings (SSSR count). The maximum Gasteiger partial charge on any atom is 0.0110 e. The summed E-state index contributed by atoms with van der Waals surface area (Å²) in [5, 5.41) is 0. The molecule has 0 heterocycles. The van der Waals surface area contributed by atoms with Crippen molar-refractivity contribution in [2.45, 2.75) is 29.6 Å². The van der Waals surface area contributed by atoms with Crippen molar-refractivity contribution in [2.24, 2.45) is 0 Å². The predicted octanol–water partition coefficient (Wildman–Crippen LogP) is 2.54. The minimum atomic E-state index is 1.02. The van der Waals surface area contributed by atoms with Crippen LogP contribution in [0.4, 0.5) is 0 Å². The Kier molecular flexibility index (Phi) is 6.85. The van der Waals surface area contributed by atoms with Gasteiger partial charge in [0, 0.05) is 3.92 Å². The van der Waals surface area contributed by atoms with E-state index in [-0.39, 0.29) is 0 Å². The van der Waals surface area contributed by atoms with E-state index in [0.717, 1.165) is 3.92 Å². The Balaban J connectivity index is 0.000000180. The Morgan fingerprint density at radius 1 is 1.10 bits per heavy atom. The Hall–Kier alpha value is 0.690. The van der Waals surface area contributed by atoms with Crippen LogP contribution >= 0.6 is 22.6 Å². The summed E-state index contributed by atoms with van der Waals surface area (Å²) in [6.45, 7) is 0. The maximum atomic E-state index is 2.53. The average Bonchev–Trinajstić information content (AvgIpc) is 2.15. The molecule has 0 spiro atoms. The fourth-order valence-corrected chi connectivity index (χ4v) is 1.76. The lowest BCUT2D eigenvalue weighted by Crippen LogP contribution is -1.99. The van der Waals surface area contributed by atoms with E-state index >= 15 is 0 Å². The predicted molar refractivity (Wildman–Crippen MR) is 55.9 cm³/mol. The van der Waals surface area contributed by atoms with Gasteiger partial charge in [-0.1, -0.05) is 35.4 Å². The second-order valence-corrected chi connectivity index (χ2v) is 4.98. The number of hydrogen-bond donors (Lipinski definition) is 0. The van der Waals surface area contributed by atoms with E-state index in [1.54, 1.807) is 0 Å². The van der Waals surface area contributed by atoms with E-state index in [9.17, 15) is 0 Å². The van der Waals surface area contributed by atoms with Crippen molar-refractivity contribution < 1.29 is 0 Å². The number of hydrogen-bond acceptors (Lipinski definition) is 1. The third-order valence-electron chi connectivity index (χ3n) is 1.28. The molecule has 0 aromatic rings. The van der Waals surface area contributed by atoms with E-state index < -0.39 is 0 Å². The maximum absolute atomic E-state index is 2.53. The van der Waals surface area contributed by atoms with Crippen LogP contribution in [-0.2, 0) is 0 Å². The minimum Gasteiger partial charge on any atom is -0.312 e. The van der Waals surface area contributed by atoms with Crippen LogP contribution in [0.15, 0.2) is 0 Å². The highest BCUT2D eigenvalue weighted by molar-refractivity contribution is 14.1. The highest BCUT2D eigenvalue weighted by atomic mass is 127. The molecule has 1 nitrogen and oxygen atoms in total. The summed E-state index contributed by atoms with van der Waals surface area (Å²) in [7, 11) is 6.00. The smallest absolute Gasteiger partial charge is 0.0110 e. The SMILES string of the molecule is CN(C)C.IC1CCCC1. The largest absolute Gasteiger partial charge is 0.312 e. The minimum absolute atomic E-state index is 1.02. The number of rotatable bonds is 0. The molecule has 0 unspecified atom stereocenters. The molecule has 1 saturated carbocycles. The van der Waals surface area contributed by atoms with Crippen molar-refractivity contribution in [3.8, 4) is 0 Å². The Bertz CT molecular complexity index is 64.9. The third-order valence-corrected chi connectivity index (χ3v) is 2.53. The van der Waals surface area contributed by atoms with Gasteiger partial charge in [-0.3, -0.25) is 0 Å². The zero-order valence-electron chi connectivity index (χ0n) is 7.23. The monoisotopic (exact) mass is 255 g/mol. The second-order valence-electron chi connectivity index (χ2n) is 3.22. The van der Waals surface area contributed by atoms with Gasteiger partial charge in [-0.25, -0.2) is 0 Å². The lowest BCUT2D eigenvalue weighted by molar-refractivity contribution is 0.505. The zero-order chi connectivity index (χ0) is 7.98. The lowest BCUT2D eigenvalue weighted by atomic mass is 10.4. The van der Waals surface area contributed by atoms with Gasteiger partial charge in [-0.2, -0.15) is 0 Å². The molecule has 0 N–H and O–H groups in total. The molecule has 62 valence electrons. The standard InChI is InChI=1S/C5H9I.C3H9N/c6-5-3-1-2-4-5;1-4(2)3/h5H,1-4H2;1-3H3. The molecule has 0 atom stereocenters. The first-order valence-electron chi connectivity index (χ1n) is 3.88. The Morgan fingerprint density at radius 2 is 1.40 bits per heavy atom. The van der Waals surface area contributed by atoms with Gasteiger partial charge in [-0.15, -0.1) is 0 Å². The van der Waals surface area contributed by atoms with Crippen molar-refractivity contribution in [3.05, 3.63) is 0 Å². The van der Waals surface area contributed by atoms with Gasteiger partial charge in [0.05, 0.1) is 0 Å². The zero-order valence-corrected chi connectivity index (χ0v) is 9.39. The van der Waals surface area contributed by atoms with Crippen LogP contribution in [0.25, 0.3) is 0 Å². The number of nitrogens with zero attached hydrogens (tertiary/aromatic N) is 1. The topological polar surface area (TPSA) is 3.24 Å². The summed E-state index contributed by atoms with van der Waals surface area (Å²) in [4.78, 5) is 2.00. The molecule has 0 bridgehead atoms. The van der Waals surface area contributed by atoms with Crippen molar-refractivity contribution in [1.82, 2.24) is 4.90 Å². The van der Waals surface area contributed by atoms with Crippen LogP contribution in [0.3, 0.4) is 0 Å². The highest BCUT2D eigenvalue weighted by Crippen LogP contribution is 2.24.